The first-order valence-corrected chi connectivity index (χ1v) is 8.55. The highest BCUT2D eigenvalue weighted by molar-refractivity contribution is 6.11. The normalized spacial score (nSPS) is 15.7. The number of benzene rings is 1. The smallest absolute Gasteiger partial charge is 0.0361 e. The highest BCUT2D eigenvalue weighted by atomic mass is 15.2. The SMILES string of the molecule is C=C(/C=C(\C=NCC)c1c(C)cccc1C)NCCN1CCC1. The number of hydrogen-bond donors (Lipinski definition) is 1. The van der Waals surface area contributed by atoms with E-state index in [1.54, 1.807) is 0 Å². The molecule has 3 nitrogen and oxygen atoms in total. The molecule has 0 unspecified atom stereocenters. The Labute approximate surface area is 140 Å². The maximum Gasteiger partial charge on any atom is 0.0361 e. The Morgan fingerprint density at radius 1 is 1.30 bits per heavy atom. The first-order valence-electron chi connectivity index (χ1n) is 8.55. The Kier molecular flexibility index (Phi) is 6.60. The Morgan fingerprint density at radius 2 is 2.00 bits per heavy atom. The summed E-state index contributed by atoms with van der Waals surface area (Å²) in [5, 5.41) is 3.42. The summed E-state index contributed by atoms with van der Waals surface area (Å²) in [5.41, 5.74) is 5.88. The quantitative estimate of drug-likeness (QED) is 0.587. The minimum Gasteiger partial charge on any atom is -0.384 e. The third kappa shape index (κ3) is 5.07. The molecular formula is C20H29N3. The molecule has 1 aliphatic rings. The van der Waals surface area contributed by atoms with Gasteiger partial charge in [0.25, 0.3) is 0 Å². The van der Waals surface area contributed by atoms with Crippen molar-refractivity contribution in [1.29, 1.82) is 0 Å². The van der Waals surface area contributed by atoms with Crippen molar-refractivity contribution in [2.45, 2.75) is 27.2 Å². The van der Waals surface area contributed by atoms with Crippen LogP contribution < -0.4 is 5.32 Å². The number of aliphatic imine (C=N–C) groups is 1. The van der Waals surface area contributed by atoms with Gasteiger partial charge in [0.15, 0.2) is 0 Å². The van der Waals surface area contributed by atoms with Crippen LogP contribution in [0.2, 0.25) is 0 Å². The predicted molar refractivity (Wildman–Crippen MR) is 101 cm³/mol. The van der Waals surface area contributed by atoms with Crippen molar-refractivity contribution in [3.63, 3.8) is 0 Å². The van der Waals surface area contributed by atoms with Crippen LogP contribution in [0.4, 0.5) is 0 Å². The van der Waals surface area contributed by atoms with Crippen molar-refractivity contribution >= 4 is 11.8 Å². The van der Waals surface area contributed by atoms with Gasteiger partial charge in [-0.25, -0.2) is 0 Å². The topological polar surface area (TPSA) is 27.6 Å². The Morgan fingerprint density at radius 3 is 2.57 bits per heavy atom. The fourth-order valence-corrected chi connectivity index (χ4v) is 2.85. The summed E-state index contributed by atoms with van der Waals surface area (Å²) in [5.74, 6) is 0. The predicted octanol–water partition coefficient (Wildman–Crippen LogP) is 3.59. The van der Waals surface area contributed by atoms with Gasteiger partial charge < -0.3 is 10.2 Å². The number of allylic oxidation sites excluding steroid dienone is 2. The van der Waals surface area contributed by atoms with Gasteiger partial charge in [0, 0.05) is 37.1 Å². The summed E-state index contributed by atoms with van der Waals surface area (Å²) in [6, 6.07) is 6.40. The molecule has 0 aliphatic carbocycles. The zero-order chi connectivity index (χ0) is 16.7. The molecule has 0 aromatic heterocycles. The van der Waals surface area contributed by atoms with Gasteiger partial charge in [-0.05, 0) is 63.0 Å². The molecule has 0 amide bonds. The number of aryl methyl sites for hydroxylation is 2. The second kappa shape index (κ2) is 8.68. The highest BCUT2D eigenvalue weighted by Gasteiger charge is 2.12. The van der Waals surface area contributed by atoms with E-state index < -0.39 is 0 Å². The lowest BCUT2D eigenvalue weighted by Gasteiger charge is -2.30. The molecule has 1 aromatic carbocycles. The number of likely N-dealkylation sites (tertiary alicyclic amines) is 1. The van der Waals surface area contributed by atoms with Gasteiger partial charge in [0.1, 0.15) is 0 Å². The van der Waals surface area contributed by atoms with Crippen molar-refractivity contribution in [2.24, 2.45) is 4.99 Å². The van der Waals surface area contributed by atoms with Crippen LogP contribution in [0.25, 0.3) is 5.57 Å². The number of rotatable bonds is 8. The molecular weight excluding hydrogens is 282 g/mol. The van der Waals surface area contributed by atoms with E-state index in [0.29, 0.717) is 0 Å². The molecule has 1 aliphatic heterocycles. The van der Waals surface area contributed by atoms with E-state index in [0.717, 1.165) is 30.9 Å². The Balaban J connectivity index is 2.10. The van der Waals surface area contributed by atoms with E-state index in [1.807, 2.05) is 6.21 Å². The molecule has 1 saturated heterocycles. The number of nitrogens with one attached hydrogen (secondary N) is 1. The monoisotopic (exact) mass is 311 g/mol. The summed E-state index contributed by atoms with van der Waals surface area (Å²) >= 11 is 0. The molecule has 1 fully saturated rings. The maximum atomic E-state index is 4.44. The molecule has 0 spiro atoms. The maximum absolute atomic E-state index is 4.44. The lowest BCUT2D eigenvalue weighted by Crippen LogP contribution is -2.41. The fourth-order valence-electron chi connectivity index (χ4n) is 2.85. The van der Waals surface area contributed by atoms with Crippen LogP contribution in [0.3, 0.4) is 0 Å². The minimum atomic E-state index is 0.789. The Bertz CT molecular complexity index is 575. The van der Waals surface area contributed by atoms with E-state index in [9.17, 15) is 0 Å². The lowest BCUT2D eigenvalue weighted by molar-refractivity contribution is 0.184. The first kappa shape index (κ1) is 17.5. The van der Waals surface area contributed by atoms with Crippen LogP contribution in [0.5, 0.6) is 0 Å². The first-order chi connectivity index (χ1) is 11.1. The van der Waals surface area contributed by atoms with E-state index >= 15 is 0 Å². The van der Waals surface area contributed by atoms with Crippen LogP contribution >= 0.6 is 0 Å². The van der Waals surface area contributed by atoms with Gasteiger partial charge in [-0.3, -0.25) is 4.99 Å². The second-order valence-electron chi connectivity index (χ2n) is 6.14. The molecule has 0 saturated carbocycles. The molecule has 2 rings (SSSR count). The highest BCUT2D eigenvalue weighted by Crippen LogP contribution is 2.22. The summed E-state index contributed by atoms with van der Waals surface area (Å²) in [6.45, 7) is 15.8. The van der Waals surface area contributed by atoms with Gasteiger partial charge in [-0.2, -0.15) is 0 Å². The van der Waals surface area contributed by atoms with Gasteiger partial charge in [0.05, 0.1) is 0 Å². The number of nitrogens with zero attached hydrogens (tertiary/aromatic N) is 2. The van der Waals surface area contributed by atoms with Crippen LogP contribution in [0.1, 0.15) is 30.0 Å². The Hall–Kier alpha value is -1.87. The lowest BCUT2D eigenvalue weighted by atomic mass is 9.95. The van der Waals surface area contributed by atoms with Crippen molar-refractivity contribution < 1.29 is 0 Å². The third-order valence-corrected chi connectivity index (χ3v) is 4.24. The van der Waals surface area contributed by atoms with E-state index in [-0.39, 0.29) is 0 Å². The third-order valence-electron chi connectivity index (χ3n) is 4.24. The van der Waals surface area contributed by atoms with Crippen LogP contribution in [0.15, 0.2) is 41.5 Å². The second-order valence-corrected chi connectivity index (χ2v) is 6.14. The molecule has 1 heterocycles. The average Bonchev–Trinajstić information content (AvgIpc) is 2.46. The van der Waals surface area contributed by atoms with Crippen molar-refractivity contribution in [3.05, 3.63) is 53.2 Å². The molecule has 0 atom stereocenters. The van der Waals surface area contributed by atoms with E-state index in [2.05, 4.69) is 66.8 Å². The minimum absolute atomic E-state index is 0.789. The largest absolute Gasteiger partial charge is 0.384 e. The van der Waals surface area contributed by atoms with Gasteiger partial charge in [0.2, 0.25) is 0 Å². The van der Waals surface area contributed by atoms with Gasteiger partial charge >= 0.3 is 0 Å². The zero-order valence-corrected chi connectivity index (χ0v) is 14.7. The molecule has 1 aromatic rings. The van der Waals surface area contributed by atoms with Crippen molar-refractivity contribution in [2.75, 3.05) is 32.7 Å². The van der Waals surface area contributed by atoms with Crippen molar-refractivity contribution in [1.82, 2.24) is 10.2 Å². The zero-order valence-electron chi connectivity index (χ0n) is 14.7. The summed E-state index contributed by atoms with van der Waals surface area (Å²) in [6.07, 6.45) is 5.42. The fraction of sp³-hybridized carbons (Fsp3) is 0.450. The van der Waals surface area contributed by atoms with Crippen LogP contribution in [-0.2, 0) is 0 Å². The molecule has 3 heteroatoms. The summed E-state index contributed by atoms with van der Waals surface area (Å²) in [7, 11) is 0. The standard InChI is InChI=1S/C20H29N3/c1-5-21-15-19(20-16(2)8-6-9-17(20)3)14-18(4)22-10-13-23-11-7-12-23/h6,8-9,14-15,22H,4-5,7,10-13H2,1-3H3/b19-14+,21-15?. The summed E-state index contributed by atoms with van der Waals surface area (Å²) in [4.78, 5) is 6.90. The van der Waals surface area contributed by atoms with Gasteiger partial charge in [-0.1, -0.05) is 24.8 Å². The molecule has 0 radical (unpaired) electrons. The van der Waals surface area contributed by atoms with E-state index in [1.165, 1.54) is 36.2 Å². The van der Waals surface area contributed by atoms with Crippen LogP contribution in [0, 0.1) is 13.8 Å². The van der Waals surface area contributed by atoms with Crippen LogP contribution in [-0.4, -0.2) is 43.8 Å². The molecule has 1 N–H and O–H groups in total. The average molecular weight is 311 g/mol. The molecule has 124 valence electrons. The van der Waals surface area contributed by atoms with Crippen molar-refractivity contribution in [3.8, 4) is 0 Å². The van der Waals surface area contributed by atoms with Gasteiger partial charge in [-0.15, -0.1) is 0 Å². The summed E-state index contributed by atoms with van der Waals surface area (Å²) < 4.78 is 0. The number of hydrogen-bond acceptors (Lipinski definition) is 3. The molecule has 23 heavy (non-hydrogen) atoms. The van der Waals surface area contributed by atoms with E-state index in [4.69, 9.17) is 0 Å². The molecule has 0 bridgehead atoms.